The number of carbonyl (C=O) groups is 2. The number of anilines is 2. The summed E-state index contributed by atoms with van der Waals surface area (Å²) in [6.07, 6.45) is 3.22. The van der Waals surface area contributed by atoms with Crippen LogP contribution in [0.2, 0.25) is 0 Å². The second-order valence-corrected chi connectivity index (χ2v) is 6.33. The Bertz CT molecular complexity index is 752. The molecule has 0 radical (unpaired) electrons. The molecule has 2 aromatic carbocycles. The van der Waals surface area contributed by atoms with E-state index < -0.39 is 0 Å². The van der Waals surface area contributed by atoms with Crippen molar-refractivity contribution >= 4 is 51.9 Å². The fourth-order valence-electron chi connectivity index (χ4n) is 1.99. The van der Waals surface area contributed by atoms with Crippen molar-refractivity contribution in [2.24, 2.45) is 0 Å². The van der Waals surface area contributed by atoms with Crippen LogP contribution < -0.4 is 10.6 Å². The van der Waals surface area contributed by atoms with E-state index >= 15 is 0 Å². The summed E-state index contributed by atoms with van der Waals surface area (Å²) in [6, 6.07) is 13.1. The fourth-order valence-corrected chi connectivity index (χ4v) is 2.64. The summed E-state index contributed by atoms with van der Waals surface area (Å²) in [4.78, 5) is 22.9. The quantitative estimate of drug-likeness (QED) is 0.575. The van der Waals surface area contributed by atoms with Crippen LogP contribution in [-0.4, -0.2) is 11.8 Å². The average molecular weight is 420 g/mol. The van der Waals surface area contributed by atoms with Crippen LogP contribution in [0.5, 0.6) is 0 Å². The van der Waals surface area contributed by atoms with Crippen molar-refractivity contribution in [3.05, 3.63) is 63.2 Å². The molecule has 2 aromatic rings. The molecule has 5 heteroatoms. The van der Waals surface area contributed by atoms with Crippen molar-refractivity contribution in [2.45, 2.75) is 13.8 Å². The maximum Gasteiger partial charge on any atom is 0.248 e. The van der Waals surface area contributed by atoms with Crippen LogP contribution in [0.3, 0.4) is 0 Å². The van der Waals surface area contributed by atoms with Crippen LogP contribution in [-0.2, 0) is 9.59 Å². The molecule has 0 aliphatic carbocycles. The number of rotatable bonds is 4. The molecule has 4 nitrogen and oxygen atoms in total. The molecule has 2 rings (SSSR count). The first-order chi connectivity index (χ1) is 10.9. The number of carbonyl (C=O) groups excluding carboxylic acids is 2. The van der Waals surface area contributed by atoms with E-state index in [2.05, 4.69) is 33.2 Å². The molecule has 0 unspecified atom stereocenters. The van der Waals surface area contributed by atoms with Gasteiger partial charge in [-0.05, 0) is 77.0 Å². The standard InChI is InChI=1S/C18H17IN2O2/c1-12-11-15(19)6-9-17(12)21-18(23)10-5-14-3-7-16(8-4-14)20-13(2)22/h3-11H,1-2H3,(H,20,22)(H,21,23)/b10-5+. The number of benzene rings is 2. The normalized spacial score (nSPS) is 10.6. The summed E-state index contributed by atoms with van der Waals surface area (Å²) in [5.41, 5.74) is 3.45. The Morgan fingerprint density at radius 3 is 2.35 bits per heavy atom. The van der Waals surface area contributed by atoms with E-state index in [1.54, 1.807) is 18.2 Å². The van der Waals surface area contributed by atoms with Crippen LogP contribution in [0.25, 0.3) is 6.08 Å². The Labute approximate surface area is 149 Å². The van der Waals surface area contributed by atoms with Gasteiger partial charge >= 0.3 is 0 Å². The third-order valence-electron chi connectivity index (χ3n) is 3.10. The van der Waals surface area contributed by atoms with Gasteiger partial charge in [0.25, 0.3) is 0 Å². The number of aryl methyl sites for hydroxylation is 1. The minimum atomic E-state index is -0.180. The molecule has 0 aromatic heterocycles. The van der Waals surface area contributed by atoms with Gasteiger partial charge in [-0.1, -0.05) is 12.1 Å². The van der Waals surface area contributed by atoms with Crippen LogP contribution in [0.4, 0.5) is 11.4 Å². The third kappa shape index (κ3) is 5.52. The Kier molecular flexibility index (Phi) is 5.92. The summed E-state index contributed by atoms with van der Waals surface area (Å²) >= 11 is 2.24. The first-order valence-electron chi connectivity index (χ1n) is 7.07. The fraction of sp³-hybridized carbons (Fsp3) is 0.111. The van der Waals surface area contributed by atoms with Gasteiger partial charge in [0.1, 0.15) is 0 Å². The molecule has 0 heterocycles. The van der Waals surface area contributed by atoms with Crippen molar-refractivity contribution in [2.75, 3.05) is 10.6 Å². The second kappa shape index (κ2) is 7.92. The Balaban J connectivity index is 1.99. The number of hydrogen-bond acceptors (Lipinski definition) is 2. The Morgan fingerprint density at radius 2 is 1.74 bits per heavy atom. The number of halogens is 1. The van der Waals surface area contributed by atoms with Crippen LogP contribution in [0.1, 0.15) is 18.1 Å². The maximum atomic E-state index is 12.0. The SMILES string of the molecule is CC(=O)Nc1ccc(/C=C/C(=O)Nc2ccc(I)cc2C)cc1. The molecule has 0 bridgehead atoms. The Hall–Kier alpha value is -2.15. The molecule has 0 saturated heterocycles. The molecule has 0 atom stereocenters. The lowest BCUT2D eigenvalue weighted by Gasteiger charge is -2.06. The van der Waals surface area contributed by atoms with Gasteiger partial charge in [-0.2, -0.15) is 0 Å². The highest BCUT2D eigenvalue weighted by Gasteiger charge is 2.02. The van der Waals surface area contributed by atoms with Crippen LogP contribution >= 0.6 is 22.6 Å². The molecule has 118 valence electrons. The molecule has 0 saturated carbocycles. The van der Waals surface area contributed by atoms with E-state index in [0.717, 1.165) is 26.1 Å². The third-order valence-corrected chi connectivity index (χ3v) is 3.78. The Morgan fingerprint density at radius 1 is 1.04 bits per heavy atom. The summed E-state index contributed by atoms with van der Waals surface area (Å²) in [6.45, 7) is 3.42. The predicted molar refractivity (Wildman–Crippen MR) is 102 cm³/mol. The molecule has 2 N–H and O–H groups in total. The first-order valence-corrected chi connectivity index (χ1v) is 8.15. The second-order valence-electron chi connectivity index (χ2n) is 5.09. The number of nitrogens with one attached hydrogen (secondary N) is 2. The molecule has 0 fully saturated rings. The van der Waals surface area contributed by atoms with Crippen molar-refractivity contribution in [1.82, 2.24) is 0 Å². The number of hydrogen-bond donors (Lipinski definition) is 2. The van der Waals surface area contributed by atoms with Crippen LogP contribution in [0, 0.1) is 10.5 Å². The molecule has 2 amide bonds. The topological polar surface area (TPSA) is 58.2 Å². The van der Waals surface area contributed by atoms with Crippen molar-refractivity contribution in [3.63, 3.8) is 0 Å². The minimum absolute atomic E-state index is 0.111. The highest BCUT2D eigenvalue weighted by molar-refractivity contribution is 14.1. The van der Waals surface area contributed by atoms with Gasteiger partial charge in [0.05, 0.1) is 0 Å². The van der Waals surface area contributed by atoms with Gasteiger partial charge in [0, 0.05) is 27.9 Å². The van der Waals surface area contributed by atoms with E-state index in [-0.39, 0.29) is 11.8 Å². The van der Waals surface area contributed by atoms with Gasteiger partial charge in [-0.3, -0.25) is 9.59 Å². The maximum absolute atomic E-state index is 12.0. The molecule has 0 aliphatic rings. The van der Waals surface area contributed by atoms with Gasteiger partial charge in [-0.25, -0.2) is 0 Å². The first kappa shape index (κ1) is 17.2. The molecular weight excluding hydrogens is 403 g/mol. The van der Waals surface area contributed by atoms with Crippen molar-refractivity contribution in [3.8, 4) is 0 Å². The summed E-state index contributed by atoms with van der Waals surface area (Å²) in [5.74, 6) is -0.291. The molecular formula is C18H17IN2O2. The average Bonchev–Trinajstić information content (AvgIpc) is 2.49. The highest BCUT2D eigenvalue weighted by atomic mass is 127. The zero-order valence-corrected chi connectivity index (χ0v) is 15.0. The van der Waals surface area contributed by atoms with E-state index in [4.69, 9.17) is 0 Å². The largest absolute Gasteiger partial charge is 0.326 e. The molecule has 0 spiro atoms. The van der Waals surface area contributed by atoms with E-state index in [9.17, 15) is 9.59 Å². The molecule has 0 aliphatic heterocycles. The smallest absolute Gasteiger partial charge is 0.248 e. The lowest BCUT2D eigenvalue weighted by Crippen LogP contribution is -2.09. The van der Waals surface area contributed by atoms with Crippen molar-refractivity contribution in [1.29, 1.82) is 0 Å². The minimum Gasteiger partial charge on any atom is -0.326 e. The zero-order valence-electron chi connectivity index (χ0n) is 12.9. The predicted octanol–water partition coefficient (Wildman–Crippen LogP) is 4.21. The summed E-state index contributed by atoms with van der Waals surface area (Å²) in [5, 5.41) is 5.56. The highest BCUT2D eigenvalue weighted by Crippen LogP contribution is 2.18. The lowest BCUT2D eigenvalue weighted by molar-refractivity contribution is -0.114. The monoisotopic (exact) mass is 420 g/mol. The zero-order chi connectivity index (χ0) is 16.8. The van der Waals surface area contributed by atoms with Gasteiger partial charge in [0.2, 0.25) is 11.8 Å². The van der Waals surface area contributed by atoms with E-state index in [0.29, 0.717) is 0 Å². The molecule has 23 heavy (non-hydrogen) atoms. The number of amides is 2. The van der Waals surface area contributed by atoms with E-state index in [1.807, 2.05) is 37.3 Å². The van der Waals surface area contributed by atoms with Crippen molar-refractivity contribution < 1.29 is 9.59 Å². The van der Waals surface area contributed by atoms with E-state index in [1.165, 1.54) is 13.0 Å². The van der Waals surface area contributed by atoms with Gasteiger partial charge in [0.15, 0.2) is 0 Å². The van der Waals surface area contributed by atoms with Crippen LogP contribution in [0.15, 0.2) is 48.5 Å². The summed E-state index contributed by atoms with van der Waals surface area (Å²) in [7, 11) is 0. The lowest BCUT2D eigenvalue weighted by atomic mass is 10.2. The van der Waals surface area contributed by atoms with Gasteiger partial charge in [-0.15, -0.1) is 0 Å². The van der Waals surface area contributed by atoms with Gasteiger partial charge < -0.3 is 10.6 Å². The summed E-state index contributed by atoms with van der Waals surface area (Å²) < 4.78 is 1.13.